The van der Waals surface area contributed by atoms with Crippen molar-refractivity contribution >= 4 is 16.5 Å². The van der Waals surface area contributed by atoms with Crippen molar-refractivity contribution in [2.24, 2.45) is 0 Å². The zero-order valence-electron chi connectivity index (χ0n) is 12.4. The number of hydrogen-bond donors (Lipinski definition) is 1. The second-order valence-electron chi connectivity index (χ2n) is 4.78. The Bertz CT molecular complexity index is 347. The normalized spacial score (nSPS) is 11.2. The van der Waals surface area contributed by atoms with Crippen LogP contribution in [0.15, 0.2) is 0 Å². The van der Waals surface area contributed by atoms with E-state index in [4.69, 9.17) is 4.98 Å². The molecule has 0 atom stereocenters. The minimum absolute atomic E-state index is 0.516. The molecule has 0 aromatic carbocycles. The lowest BCUT2D eigenvalue weighted by Crippen LogP contribution is -2.30. The number of thiazole rings is 1. The zero-order chi connectivity index (χ0) is 13.5. The zero-order valence-corrected chi connectivity index (χ0v) is 13.2. The quantitative estimate of drug-likeness (QED) is 0.733. The Hall–Kier alpha value is -0.610. The molecule has 3 nitrogen and oxygen atoms in total. The Morgan fingerprint density at radius 2 is 2.00 bits per heavy atom. The van der Waals surface area contributed by atoms with Crippen LogP contribution >= 0.6 is 11.3 Å². The molecule has 18 heavy (non-hydrogen) atoms. The maximum Gasteiger partial charge on any atom is 0.186 e. The molecule has 0 amide bonds. The molecule has 0 saturated heterocycles. The van der Waals surface area contributed by atoms with Gasteiger partial charge < -0.3 is 10.2 Å². The summed E-state index contributed by atoms with van der Waals surface area (Å²) >= 11 is 1.85. The smallest absolute Gasteiger partial charge is 0.186 e. The Balaban J connectivity index is 2.82. The average molecular weight is 269 g/mol. The molecule has 0 saturated carbocycles. The number of nitrogens with zero attached hydrogens (tertiary/aromatic N) is 2. The first-order valence-electron chi connectivity index (χ1n) is 7.09. The van der Waals surface area contributed by atoms with Gasteiger partial charge in [0.05, 0.1) is 5.69 Å². The van der Waals surface area contributed by atoms with Crippen LogP contribution in [-0.4, -0.2) is 24.1 Å². The van der Waals surface area contributed by atoms with Crippen LogP contribution < -0.4 is 10.2 Å². The summed E-state index contributed by atoms with van der Waals surface area (Å²) in [7, 11) is 0. The molecule has 1 aromatic rings. The summed E-state index contributed by atoms with van der Waals surface area (Å²) in [4.78, 5) is 8.58. The van der Waals surface area contributed by atoms with E-state index in [0.29, 0.717) is 6.04 Å². The molecular weight excluding hydrogens is 242 g/mol. The molecule has 0 bridgehead atoms. The lowest BCUT2D eigenvalue weighted by molar-refractivity contribution is 0.676. The van der Waals surface area contributed by atoms with Crippen molar-refractivity contribution in [3.8, 4) is 0 Å². The van der Waals surface area contributed by atoms with Crippen LogP contribution in [0.1, 0.15) is 51.6 Å². The molecule has 1 aromatic heterocycles. The summed E-state index contributed by atoms with van der Waals surface area (Å²) < 4.78 is 0. The SMILES string of the molecule is CCCNCc1sc(N(CC)C(C)C)nc1CC. The maximum absolute atomic E-state index is 4.80. The fraction of sp³-hybridized carbons (Fsp3) is 0.786. The van der Waals surface area contributed by atoms with Crippen molar-refractivity contribution in [3.05, 3.63) is 10.6 Å². The van der Waals surface area contributed by atoms with E-state index >= 15 is 0 Å². The molecular formula is C14H27N3S. The Morgan fingerprint density at radius 1 is 1.28 bits per heavy atom. The monoisotopic (exact) mass is 269 g/mol. The topological polar surface area (TPSA) is 28.2 Å². The molecule has 0 radical (unpaired) electrons. The second-order valence-corrected chi connectivity index (χ2v) is 5.84. The number of anilines is 1. The van der Waals surface area contributed by atoms with Crippen LogP contribution in [0.25, 0.3) is 0 Å². The van der Waals surface area contributed by atoms with Crippen molar-refractivity contribution in [2.75, 3.05) is 18.0 Å². The third kappa shape index (κ3) is 3.95. The number of nitrogens with one attached hydrogen (secondary N) is 1. The van der Waals surface area contributed by atoms with Gasteiger partial charge in [-0.15, -0.1) is 11.3 Å². The van der Waals surface area contributed by atoms with Crippen LogP contribution in [-0.2, 0) is 13.0 Å². The molecule has 0 aliphatic carbocycles. The standard InChI is InChI=1S/C14H27N3S/c1-6-9-15-10-13-12(7-2)16-14(18-13)17(8-3)11(4)5/h11,15H,6-10H2,1-5H3. The van der Waals surface area contributed by atoms with E-state index in [1.165, 1.54) is 22.1 Å². The largest absolute Gasteiger partial charge is 0.346 e. The fourth-order valence-corrected chi connectivity index (χ4v) is 3.32. The Morgan fingerprint density at radius 3 is 2.50 bits per heavy atom. The molecule has 0 fully saturated rings. The van der Waals surface area contributed by atoms with E-state index in [2.05, 4.69) is 44.8 Å². The summed E-state index contributed by atoms with van der Waals surface area (Å²) in [6.45, 7) is 14.1. The van der Waals surface area contributed by atoms with Gasteiger partial charge in [-0.2, -0.15) is 0 Å². The molecule has 0 aliphatic rings. The van der Waals surface area contributed by atoms with Crippen molar-refractivity contribution in [3.63, 3.8) is 0 Å². The van der Waals surface area contributed by atoms with Crippen LogP contribution in [0.4, 0.5) is 5.13 Å². The van der Waals surface area contributed by atoms with E-state index in [1.54, 1.807) is 0 Å². The third-order valence-electron chi connectivity index (χ3n) is 3.02. The van der Waals surface area contributed by atoms with Gasteiger partial charge in [0.15, 0.2) is 5.13 Å². The van der Waals surface area contributed by atoms with Gasteiger partial charge in [-0.1, -0.05) is 13.8 Å². The minimum Gasteiger partial charge on any atom is -0.346 e. The van der Waals surface area contributed by atoms with Crippen molar-refractivity contribution in [1.29, 1.82) is 0 Å². The number of hydrogen-bond acceptors (Lipinski definition) is 4. The van der Waals surface area contributed by atoms with Crippen molar-refractivity contribution in [1.82, 2.24) is 10.3 Å². The predicted molar refractivity (Wildman–Crippen MR) is 81.6 cm³/mol. The van der Waals surface area contributed by atoms with E-state index < -0.39 is 0 Å². The minimum atomic E-state index is 0.516. The molecule has 4 heteroatoms. The van der Waals surface area contributed by atoms with E-state index in [1.807, 2.05) is 11.3 Å². The predicted octanol–water partition coefficient (Wildman–Crippen LogP) is 3.44. The summed E-state index contributed by atoms with van der Waals surface area (Å²) in [5.41, 5.74) is 1.26. The summed E-state index contributed by atoms with van der Waals surface area (Å²) in [6, 6.07) is 0.516. The van der Waals surface area contributed by atoms with Gasteiger partial charge in [-0.25, -0.2) is 4.98 Å². The first-order chi connectivity index (χ1) is 8.63. The van der Waals surface area contributed by atoms with Crippen LogP contribution in [0.3, 0.4) is 0 Å². The van der Waals surface area contributed by atoms with Crippen molar-refractivity contribution in [2.45, 2.75) is 60.0 Å². The van der Waals surface area contributed by atoms with E-state index in [9.17, 15) is 0 Å². The van der Waals surface area contributed by atoms with Crippen molar-refractivity contribution < 1.29 is 0 Å². The summed E-state index contributed by atoms with van der Waals surface area (Å²) in [6.07, 6.45) is 2.20. The molecule has 1 heterocycles. The molecule has 1 N–H and O–H groups in total. The highest BCUT2D eigenvalue weighted by molar-refractivity contribution is 7.15. The lowest BCUT2D eigenvalue weighted by Gasteiger charge is -2.24. The number of aromatic nitrogens is 1. The highest BCUT2D eigenvalue weighted by Crippen LogP contribution is 2.28. The van der Waals surface area contributed by atoms with Gasteiger partial charge in [0.25, 0.3) is 0 Å². The lowest BCUT2D eigenvalue weighted by atomic mass is 10.3. The first-order valence-corrected chi connectivity index (χ1v) is 7.91. The van der Waals surface area contributed by atoms with Crippen LogP contribution in [0, 0.1) is 0 Å². The van der Waals surface area contributed by atoms with E-state index in [0.717, 1.165) is 26.1 Å². The van der Waals surface area contributed by atoms with Gasteiger partial charge >= 0.3 is 0 Å². The van der Waals surface area contributed by atoms with Gasteiger partial charge in [0, 0.05) is 24.0 Å². The highest BCUT2D eigenvalue weighted by atomic mass is 32.1. The Kier molecular flexibility index (Phi) is 6.65. The molecule has 1 rings (SSSR count). The number of aryl methyl sites for hydroxylation is 1. The second kappa shape index (κ2) is 7.74. The molecule has 104 valence electrons. The fourth-order valence-electron chi connectivity index (χ4n) is 2.01. The third-order valence-corrected chi connectivity index (χ3v) is 4.16. The molecule has 0 unspecified atom stereocenters. The molecule has 0 spiro atoms. The average Bonchev–Trinajstić information content (AvgIpc) is 2.73. The Labute approximate surface area is 116 Å². The van der Waals surface area contributed by atoms with Gasteiger partial charge in [-0.05, 0) is 40.2 Å². The molecule has 0 aliphatic heterocycles. The van der Waals surface area contributed by atoms with E-state index in [-0.39, 0.29) is 0 Å². The number of rotatable bonds is 8. The highest BCUT2D eigenvalue weighted by Gasteiger charge is 2.16. The summed E-state index contributed by atoms with van der Waals surface area (Å²) in [5, 5.41) is 4.66. The van der Waals surface area contributed by atoms with Gasteiger partial charge in [-0.3, -0.25) is 0 Å². The van der Waals surface area contributed by atoms with Crippen LogP contribution in [0.2, 0.25) is 0 Å². The summed E-state index contributed by atoms with van der Waals surface area (Å²) in [5.74, 6) is 0. The maximum atomic E-state index is 4.80. The van der Waals surface area contributed by atoms with Gasteiger partial charge in [0.2, 0.25) is 0 Å². The van der Waals surface area contributed by atoms with Gasteiger partial charge in [0.1, 0.15) is 0 Å². The van der Waals surface area contributed by atoms with Crippen LogP contribution in [0.5, 0.6) is 0 Å². The first kappa shape index (κ1) is 15.4.